The number of hydrogen-bond acceptors (Lipinski definition) is 8. The van der Waals surface area contributed by atoms with Crippen LogP contribution in [0, 0.1) is 12.8 Å². The van der Waals surface area contributed by atoms with E-state index >= 15 is 0 Å². The first-order valence-corrected chi connectivity index (χ1v) is 15.2. The van der Waals surface area contributed by atoms with E-state index in [9.17, 15) is 9.59 Å². The summed E-state index contributed by atoms with van der Waals surface area (Å²) in [7, 11) is 0. The van der Waals surface area contributed by atoms with Crippen molar-refractivity contribution in [1.82, 2.24) is 19.9 Å². The Morgan fingerprint density at radius 2 is 1.80 bits per heavy atom. The molecule has 1 saturated carbocycles. The number of carbonyl (C=O) groups is 2. The first kappa shape index (κ1) is 29.3. The van der Waals surface area contributed by atoms with E-state index in [0.29, 0.717) is 41.9 Å². The highest BCUT2D eigenvalue weighted by Crippen LogP contribution is 2.39. The summed E-state index contributed by atoms with van der Waals surface area (Å²) in [5.74, 6) is 1.71. The number of hydrogen-bond donors (Lipinski definition) is 2. The molecular formula is C34H38N6O4. The van der Waals surface area contributed by atoms with Crippen molar-refractivity contribution in [2.24, 2.45) is 5.92 Å². The molecule has 2 N–H and O–H groups in total. The van der Waals surface area contributed by atoms with Gasteiger partial charge in [-0.3, -0.25) is 4.79 Å². The van der Waals surface area contributed by atoms with Crippen molar-refractivity contribution in [3.63, 3.8) is 0 Å². The molecular weight excluding hydrogens is 556 g/mol. The maximum Gasteiger partial charge on any atom is 0.410 e. The van der Waals surface area contributed by atoms with Crippen molar-refractivity contribution in [1.29, 1.82) is 0 Å². The molecule has 44 heavy (non-hydrogen) atoms. The number of carbonyl (C=O) groups excluding carboxylic acids is 2. The summed E-state index contributed by atoms with van der Waals surface area (Å²) >= 11 is 0. The average Bonchev–Trinajstić information content (AvgIpc) is 3.85. The lowest BCUT2D eigenvalue weighted by Crippen LogP contribution is -2.47. The Morgan fingerprint density at radius 3 is 2.59 bits per heavy atom. The van der Waals surface area contributed by atoms with Crippen molar-refractivity contribution in [3.05, 3.63) is 66.5 Å². The molecule has 1 saturated heterocycles. The maximum absolute atomic E-state index is 12.6. The molecule has 2 aromatic carbocycles. The van der Waals surface area contributed by atoms with Gasteiger partial charge >= 0.3 is 6.09 Å². The van der Waals surface area contributed by atoms with E-state index in [0.717, 1.165) is 47.7 Å². The van der Waals surface area contributed by atoms with Crippen LogP contribution in [0.1, 0.15) is 52.0 Å². The van der Waals surface area contributed by atoms with Crippen LogP contribution in [-0.4, -0.2) is 56.6 Å². The number of benzene rings is 2. The second-order valence-electron chi connectivity index (χ2n) is 12.5. The Hall–Kier alpha value is -4.73. The number of ether oxygens (including phenoxy) is 2. The molecule has 1 unspecified atom stereocenters. The summed E-state index contributed by atoms with van der Waals surface area (Å²) in [4.78, 5) is 40.7. The molecule has 10 nitrogen and oxygen atoms in total. The van der Waals surface area contributed by atoms with Gasteiger partial charge in [-0.1, -0.05) is 24.3 Å². The SMILES string of the molecule is Cc1ccc2c(NC(=O)C3CC3)cccc2c1Oc1ncccc1-c1ccnc(NC2CCCN(C(=O)OC(C)(C)C)C2)n1. The van der Waals surface area contributed by atoms with E-state index in [1.165, 1.54) is 0 Å². The topological polar surface area (TPSA) is 119 Å². The van der Waals surface area contributed by atoms with Crippen LogP contribution < -0.4 is 15.4 Å². The van der Waals surface area contributed by atoms with Crippen LogP contribution in [0.25, 0.3) is 22.0 Å². The minimum absolute atomic E-state index is 0.0101. The quantitative estimate of drug-likeness (QED) is 0.236. The summed E-state index contributed by atoms with van der Waals surface area (Å²) in [5, 5.41) is 8.28. The second-order valence-corrected chi connectivity index (χ2v) is 12.5. The molecule has 1 atom stereocenters. The van der Waals surface area contributed by atoms with Gasteiger partial charge in [0.05, 0.1) is 11.3 Å². The fourth-order valence-electron chi connectivity index (χ4n) is 5.38. The molecule has 2 aliphatic rings. The van der Waals surface area contributed by atoms with Crippen molar-refractivity contribution in [2.75, 3.05) is 23.7 Å². The van der Waals surface area contributed by atoms with Gasteiger partial charge in [-0.2, -0.15) is 0 Å². The molecule has 0 spiro atoms. The fraction of sp³-hybridized carbons (Fsp3) is 0.382. The lowest BCUT2D eigenvalue weighted by molar-refractivity contribution is -0.117. The van der Waals surface area contributed by atoms with Gasteiger partial charge in [-0.05, 0) is 83.2 Å². The zero-order valence-electron chi connectivity index (χ0n) is 25.6. The molecule has 2 fully saturated rings. The highest BCUT2D eigenvalue weighted by Gasteiger charge is 2.30. The third-order valence-corrected chi connectivity index (χ3v) is 7.72. The number of nitrogens with zero attached hydrogens (tertiary/aromatic N) is 4. The van der Waals surface area contributed by atoms with Gasteiger partial charge in [-0.25, -0.2) is 19.7 Å². The summed E-state index contributed by atoms with van der Waals surface area (Å²) in [5.41, 5.74) is 2.53. The van der Waals surface area contributed by atoms with Crippen molar-refractivity contribution >= 4 is 34.4 Å². The molecule has 2 amide bonds. The monoisotopic (exact) mass is 594 g/mol. The number of amides is 2. The van der Waals surface area contributed by atoms with E-state index < -0.39 is 5.60 Å². The minimum Gasteiger partial charge on any atom is -0.444 e. The highest BCUT2D eigenvalue weighted by molar-refractivity contribution is 6.05. The maximum atomic E-state index is 12.6. The van der Waals surface area contributed by atoms with Crippen LogP contribution >= 0.6 is 0 Å². The number of pyridine rings is 1. The summed E-state index contributed by atoms with van der Waals surface area (Å²) < 4.78 is 12.1. The van der Waals surface area contributed by atoms with Crippen LogP contribution in [0.3, 0.4) is 0 Å². The first-order valence-electron chi connectivity index (χ1n) is 15.2. The number of anilines is 2. The van der Waals surface area contributed by atoms with Crippen molar-refractivity contribution in [3.8, 4) is 22.9 Å². The van der Waals surface area contributed by atoms with Gasteiger partial charge in [0.1, 0.15) is 11.4 Å². The fourth-order valence-corrected chi connectivity index (χ4v) is 5.38. The molecule has 0 radical (unpaired) electrons. The van der Waals surface area contributed by atoms with Crippen LogP contribution in [0.5, 0.6) is 11.6 Å². The molecule has 1 aliphatic carbocycles. The molecule has 3 heterocycles. The lowest BCUT2D eigenvalue weighted by Gasteiger charge is -2.34. The van der Waals surface area contributed by atoms with E-state index in [-0.39, 0.29) is 24.0 Å². The predicted octanol–water partition coefficient (Wildman–Crippen LogP) is 6.95. The summed E-state index contributed by atoms with van der Waals surface area (Å²) in [6.45, 7) is 8.77. The van der Waals surface area contributed by atoms with E-state index in [4.69, 9.17) is 14.5 Å². The van der Waals surface area contributed by atoms with E-state index in [1.54, 1.807) is 17.3 Å². The molecule has 1 aliphatic heterocycles. The van der Waals surface area contributed by atoms with Gasteiger partial charge in [0.2, 0.25) is 17.7 Å². The smallest absolute Gasteiger partial charge is 0.410 e. The Labute approximate surface area is 257 Å². The molecule has 2 aromatic heterocycles. The van der Waals surface area contributed by atoms with Crippen LogP contribution in [0.15, 0.2) is 60.9 Å². The first-order chi connectivity index (χ1) is 21.1. The second kappa shape index (κ2) is 12.1. The van der Waals surface area contributed by atoms with Gasteiger partial charge in [-0.15, -0.1) is 0 Å². The molecule has 10 heteroatoms. The van der Waals surface area contributed by atoms with Gasteiger partial charge in [0.15, 0.2) is 0 Å². The molecule has 6 rings (SSSR count). The predicted molar refractivity (Wildman–Crippen MR) is 170 cm³/mol. The van der Waals surface area contributed by atoms with Crippen molar-refractivity contribution in [2.45, 2.75) is 65.0 Å². The van der Waals surface area contributed by atoms with E-state index in [1.807, 2.05) is 76.2 Å². The van der Waals surface area contributed by atoms with Gasteiger partial charge < -0.3 is 25.0 Å². The van der Waals surface area contributed by atoms with Crippen molar-refractivity contribution < 1.29 is 19.1 Å². The number of likely N-dealkylation sites (tertiary alicyclic amines) is 1. The molecule has 0 bridgehead atoms. The lowest BCUT2D eigenvalue weighted by atomic mass is 10.0. The number of aromatic nitrogens is 3. The zero-order valence-corrected chi connectivity index (χ0v) is 25.6. The Bertz CT molecular complexity index is 1700. The Morgan fingerprint density at radius 1 is 0.955 bits per heavy atom. The van der Waals surface area contributed by atoms with Gasteiger partial charge in [0.25, 0.3) is 0 Å². The number of rotatable bonds is 7. The van der Waals surface area contributed by atoms with Crippen LogP contribution in [-0.2, 0) is 9.53 Å². The highest BCUT2D eigenvalue weighted by atomic mass is 16.6. The number of nitrogens with one attached hydrogen (secondary N) is 2. The molecule has 228 valence electrons. The average molecular weight is 595 g/mol. The standard InChI is InChI=1S/C34H38N6O4/c1-21-12-15-24-25(9-5-11-27(24)38-30(41)22-13-14-22)29(21)43-31-26(10-6-17-35-31)28-16-18-36-32(39-28)37-23-8-7-19-40(20-23)33(42)44-34(2,3)4/h5-6,9-12,15-18,22-23H,7-8,13-14,19-20H2,1-4H3,(H,38,41)(H,36,37,39). The largest absolute Gasteiger partial charge is 0.444 e. The Kier molecular flexibility index (Phi) is 8.07. The molecule has 4 aromatic rings. The van der Waals surface area contributed by atoms with Gasteiger partial charge in [0, 0.05) is 53.9 Å². The normalized spacial score (nSPS) is 16.8. The zero-order chi connectivity index (χ0) is 30.8. The number of aryl methyl sites for hydroxylation is 1. The summed E-state index contributed by atoms with van der Waals surface area (Å²) in [6, 6.07) is 15.4. The third-order valence-electron chi connectivity index (χ3n) is 7.72. The van der Waals surface area contributed by atoms with E-state index in [2.05, 4.69) is 20.6 Å². The van der Waals surface area contributed by atoms with Crippen LogP contribution in [0.2, 0.25) is 0 Å². The third kappa shape index (κ3) is 6.74. The number of fused-ring (bicyclic) bond motifs is 1. The summed E-state index contributed by atoms with van der Waals surface area (Å²) in [6.07, 6.45) is 6.71. The minimum atomic E-state index is -0.544. The Balaban J connectivity index is 1.23. The van der Waals surface area contributed by atoms with Crippen LogP contribution in [0.4, 0.5) is 16.4 Å². The number of piperidine rings is 1.